The number of hydrogen-bond acceptors (Lipinski definition) is 4. The van der Waals surface area contributed by atoms with E-state index in [9.17, 15) is 20.4 Å². The summed E-state index contributed by atoms with van der Waals surface area (Å²) in [4.78, 5) is 0. The number of aryl methyl sites for hydroxylation is 2. The highest BCUT2D eigenvalue weighted by Crippen LogP contribution is 2.34. The van der Waals surface area contributed by atoms with E-state index >= 15 is 0 Å². The summed E-state index contributed by atoms with van der Waals surface area (Å²) in [5, 5.41) is 40.9. The topological polar surface area (TPSA) is 80.9 Å². The van der Waals surface area contributed by atoms with Crippen LogP contribution in [0.2, 0.25) is 0 Å². The summed E-state index contributed by atoms with van der Waals surface area (Å²) >= 11 is 0. The minimum Gasteiger partial charge on any atom is -0.396 e. The van der Waals surface area contributed by atoms with Crippen LogP contribution in [0.4, 0.5) is 0 Å². The van der Waals surface area contributed by atoms with Gasteiger partial charge in [0.15, 0.2) is 0 Å². The molecule has 0 aliphatic heterocycles. The third-order valence-electron chi connectivity index (χ3n) is 8.78. The maximum atomic E-state index is 10.8. The fourth-order valence-corrected chi connectivity index (χ4v) is 5.62. The molecule has 2 aromatic rings. The third-order valence-corrected chi connectivity index (χ3v) is 8.78. The Morgan fingerprint density at radius 1 is 0.667 bits per heavy atom. The molecule has 5 atom stereocenters. The quantitative estimate of drug-likeness (QED) is 0.182. The molecule has 4 unspecified atom stereocenters. The summed E-state index contributed by atoms with van der Waals surface area (Å²) in [6.07, 6.45) is 14.4. The Kier molecular flexibility index (Phi) is 11.2. The average Bonchev–Trinajstić information content (AvgIpc) is 3.87. The molecule has 0 spiro atoms. The second-order valence-electron chi connectivity index (χ2n) is 12.6. The zero-order chi connectivity index (χ0) is 27.8. The van der Waals surface area contributed by atoms with Crippen molar-refractivity contribution in [2.24, 2.45) is 23.7 Å². The Bertz CT molecular complexity index is 1040. The summed E-state index contributed by atoms with van der Waals surface area (Å²) in [6.45, 7) is 3.34. The summed E-state index contributed by atoms with van der Waals surface area (Å²) < 4.78 is 0. The Morgan fingerprint density at radius 2 is 1.21 bits per heavy atom. The standard InChI is InChI=1S/C35H50O4/c1-24(33(37)35(39)34(38)25(2)23-36)19-32-21-30(8-4-7-28-11-12-28)20-31(22-32)18-17-29-15-13-27(14-16-29)6-3-5-26-9-10-26/h13-18,20-22,24-26,28,33-39H,3-12,19,23H2,1-2H3/b18-17+/t24-,25?,33?,34?,35?/m0/s1. The molecule has 2 fully saturated rings. The molecule has 0 radical (unpaired) electrons. The molecule has 0 aromatic heterocycles. The predicted octanol–water partition coefficient (Wildman–Crippen LogP) is 6.21. The molecule has 4 nitrogen and oxygen atoms in total. The molecule has 214 valence electrons. The molecular weight excluding hydrogens is 484 g/mol. The van der Waals surface area contributed by atoms with Crippen LogP contribution in [0.3, 0.4) is 0 Å². The monoisotopic (exact) mass is 534 g/mol. The minimum absolute atomic E-state index is 0.235. The van der Waals surface area contributed by atoms with Crippen molar-refractivity contribution in [1.82, 2.24) is 0 Å². The van der Waals surface area contributed by atoms with Gasteiger partial charge in [-0.2, -0.15) is 0 Å². The van der Waals surface area contributed by atoms with Crippen LogP contribution in [0.15, 0.2) is 42.5 Å². The minimum atomic E-state index is -1.29. The van der Waals surface area contributed by atoms with E-state index < -0.39 is 24.2 Å². The van der Waals surface area contributed by atoms with Gasteiger partial charge in [-0.25, -0.2) is 0 Å². The van der Waals surface area contributed by atoms with Crippen molar-refractivity contribution < 1.29 is 20.4 Å². The molecule has 39 heavy (non-hydrogen) atoms. The van der Waals surface area contributed by atoms with E-state index in [4.69, 9.17) is 0 Å². The lowest BCUT2D eigenvalue weighted by Gasteiger charge is -2.30. The van der Waals surface area contributed by atoms with Crippen LogP contribution in [-0.4, -0.2) is 45.3 Å². The lowest BCUT2D eigenvalue weighted by molar-refractivity contribution is -0.100. The van der Waals surface area contributed by atoms with Gasteiger partial charge in [0.05, 0.1) is 12.2 Å². The number of aliphatic hydroxyl groups excluding tert-OH is 4. The Morgan fingerprint density at radius 3 is 1.79 bits per heavy atom. The van der Waals surface area contributed by atoms with Gasteiger partial charge in [0, 0.05) is 12.5 Å². The maximum Gasteiger partial charge on any atom is 0.106 e. The predicted molar refractivity (Wildman–Crippen MR) is 160 cm³/mol. The molecule has 0 amide bonds. The van der Waals surface area contributed by atoms with Crippen LogP contribution < -0.4 is 0 Å². The van der Waals surface area contributed by atoms with Crippen LogP contribution in [0.1, 0.15) is 93.0 Å². The zero-order valence-electron chi connectivity index (χ0n) is 24.0. The zero-order valence-corrected chi connectivity index (χ0v) is 24.0. The average molecular weight is 535 g/mol. The van der Waals surface area contributed by atoms with Crippen LogP contribution in [-0.2, 0) is 19.3 Å². The highest BCUT2D eigenvalue weighted by atomic mass is 16.4. The fraction of sp³-hybridized carbons (Fsp3) is 0.600. The highest BCUT2D eigenvalue weighted by Gasteiger charge is 2.32. The second-order valence-corrected chi connectivity index (χ2v) is 12.6. The van der Waals surface area contributed by atoms with Gasteiger partial charge < -0.3 is 20.4 Å². The van der Waals surface area contributed by atoms with Gasteiger partial charge in [0.1, 0.15) is 6.10 Å². The normalized spacial score (nSPS) is 19.6. The van der Waals surface area contributed by atoms with Gasteiger partial charge >= 0.3 is 0 Å². The largest absolute Gasteiger partial charge is 0.396 e. The van der Waals surface area contributed by atoms with Crippen molar-refractivity contribution in [1.29, 1.82) is 0 Å². The van der Waals surface area contributed by atoms with E-state index in [1.165, 1.54) is 74.5 Å². The van der Waals surface area contributed by atoms with E-state index in [0.29, 0.717) is 6.42 Å². The summed E-state index contributed by atoms with van der Waals surface area (Å²) in [5.41, 5.74) is 6.21. The SMILES string of the molecule is CC(CO)C(O)C(O)C(O)[C@@H](C)Cc1cc(/C=C/c2ccc(CCCC3CC3)cc2)cc(CCCC2CC2)c1. The number of benzene rings is 2. The van der Waals surface area contributed by atoms with E-state index in [1.54, 1.807) is 6.92 Å². The third kappa shape index (κ3) is 9.86. The molecule has 4 rings (SSSR count). The number of aliphatic hydroxyl groups is 4. The van der Waals surface area contributed by atoms with Gasteiger partial charge in [-0.3, -0.25) is 0 Å². The molecule has 0 heterocycles. The fourth-order valence-electron chi connectivity index (χ4n) is 5.62. The number of hydrogen-bond donors (Lipinski definition) is 4. The van der Waals surface area contributed by atoms with E-state index in [-0.39, 0.29) is 12.5 Å². The molecule has 4 heteroatoms. The maximum absolute atomic E-state index is 10.8. The molecule has 2 aromatic carbocycles. The van der Waals surface area contributed by atoms with Gasteiger partial charge in [0.2, 0.25) is 0 Å². The van der Waals surface area contributed by atoms with Crippen molar-refractivity contribution in [2.45, 2.75) is 103 Å². The first-order chi connectivity index (χ1) is 18.8. The van der Waals surface area contributed by atoms with Crippen LogP contribution in [0.25, 0.3) is 12.2 Å². The lowest BCUT2D eigenvalue weighted by Crippen LogP contribution is -2.45. The number of rotatable bonds is 17. The van der Waals surface area contributed by atoms with Crippen LogP contribution in [0.5, 0.6) is 0 Å². The summed E-state index contributed by atoms with van der Waals surface area (Å²) in [6, 6.07) is 15.6. The van der Waals surface area contributed by atoms with E-state index in [0.717, 1.165) is 29.4 Å². The van der Waals surface area contributed by atoms with Gasteiger partial charge in [0.25, 0.3) is 0 Å². The Labute approximate surface area is 235 Å². The molecular formula is C35H50O4. The van der Waals surface area contributed by atoms with Crippen molar-refractivity contribution >= 4 is 12.2 Å². The van der Waals surface area contributed by atoms with Crippen LogP contribution >= 0.6 is 0 Å². The first-order valence-corrected chi connectivity index (χ1v) is 15.4. The van der Waals surface area contributed by atoms with Crippen molar-refractivity contribution in [3.63, 3.8) is 0 Å². The summed E-state index contributed by atoms with van der Waals surface area (Å²) in [7, 11) is 0. The van der Waals surface area contributed by atoms with Crippen molar-refractivity contribution in [3.8, 4) is 0 Å². The highest BCUT2D eigenvalue weighted by molar-refractivity contribution is 5.70. The molecule has 0 bridgehead atoms. The van der Waals surface area contributed by atoms with Gasteiger partial charge in [-0.05, 0) is 77.7 Å². The second kappa shape index (κ2) is 14.6. The Balaban J connectivity index is 1.41. The van der Waals surface area contributed by atoms with E-state index in [2.05, 4.69) is 54.6 Å². The molecule has 2 saturated carbocycles. The summed E-state index contributed by atoms with van der Waals surface area (Å²) in [5.74, 6) is 1.19. The van der Waals surface area contributed by atoms with Crippen molar-refractivity contribution in [2.75, 3.05) is 6.61 Å². The van der Waals surface area contributed by atoms with E-state index in [1.807, 2.05) is 6.92 Å². The smallest absolute Gasteiger partial charge is 0.106 e. The molecule has 0 saturated heterocycles. The first-order valence-electron chi connectivity index (χ1n) is 15.4. The lowest BCUT2D eigenvalue weighted by atomic mass is 9.86. The molecule has 2 aliphatic carbocycles. The van der Waals surface area contributed by atoms with Crippen molar-refractivity contribution in [3.05, 3.63) is 70.3 Å². The van der Waals surface area contributed by atoms with Gasteiger partial charge in [-0.1, -0.05) is 107 Å². The molecule has 2 aliphatic rings. The first kappa shape index (κ1) is 30.0. The van der Waals surface area contributed by atoms with Crippen LogP contribution in [0, 0.1) is 23.7 Å². The Hall–Kier alpha value is -1.98. The van der Waals surface area contributed by atoms with Gasteiger partial charge in [-0.15, -0.1) is 0 Å². The molecule has 4 N–H and O–H groups in total.